The second-order valence-electron chi connectivity index (χ2n) is 6.78. The molecule has 0 radical (unpaired) electrons. The van der Waals surface area contributed by atoms with Crippen LogP contribution in [0.2, 0.25) is 0 Å². The Morgan fingerprint density at radius 1 is 1.12 bits per heavy atom. The van der Waals surface area contributed by atoms with Gasteiger partial charge in [-0.1, -0.05) is 30.6 Å². The largest absolute Gasteiger partial charge is 0.493 e. The van der Waals surface area contributed by atoms with Crippen molar-refractivity contribution in [3.05, 3.63) is 65.0 Å². The van der Waals surface area contributed by atoms with Crippen molar-refractivity contribution in [1.29, 1.82) is 0 Å². The van der Waals surface area contributed by atoms with Crippen molar-refractivity contribution >= 4 is 18.0 Å². The number of benzene rings is 1. The van der Waals surface area contributed by atoms with Crippen LogP contribution < -0.4 is 9.47 Å². The number of alkyl halides is 1. The van der Waals surface area contributed by atoms with Crippen LogP contribution in [0.5, 0.6) is 11.5 Å². The van der Waals surface area contributed by atoms with Gasteiger partial charge in [0.15, 0.2) is 11.5 Å². The predicted molar refractivity (Wildman–Crippen MR) is 134 cm³/mol. The monoisotopic (exact) mass is 458 g/mol. The number of amides is 1. The van der Waals surface area contributed by atoms with Crippen molar-refractivity contribution in [1.82, 2.24) is 9.88 Å². The highest BCUT2D eigenvalue weighted by atomic mass is 35.5. The minimum atomic E-state index is 0.730. The van der Waals surface area contributed by atoms with Crippen LogP contribution in [-0.2, 0) is 4.79 Å². The first kappa shape index (κ1) is 29.0. The molecule has 1 heterocycles. The SMILES string of the molecule is CC/C(=C/C#Cc1cccc(C)n1)CCN(C)C=O.CCl.COc1ccc(C)cc1OC. The number of ether oxygens (including phenoxy) is 2. The fourth-order valence-electron chi connectivity index (χ4n) is 2.49. The molecule has 6 heteroatoms. The van der Waals surface area contributed by atoms with Gasteiger partial charge in [-0.25, -0.2) is 4.98 Å². The number of hydrogen-bond donors (Lipinski definition) is 0. The Kier molecular flexibility index (Phi) is 16.0. The molecule has 174 valence electrons. The minimum absolute atomic E-state index is 0.730. The number of carbonyl (C=O) groups is 1. The third-order valence-corrected chi connectivity index (χ3v) is 4.32. The highest BCUT2D eigenvalue weighted by molar-refractivity contribution is 6.15. The van der Waals surface area contributed by atoms with Crippen molar-refractivity contribution in [3.63, 3.8) is 0 Å². The molecule has 0 spiro atoms. The summed E-state index contributed by atoms with van der Waals surface area (Å²) in [5, 5.41) is 0. The highest BCUT2D eigenvalue weighted by Crippen LogP contribution is 2.26. The smallest absolute Gasteiger partial charge is 0.209 e. The molecule has 5 nitrogen and oxygen atoms in total. The lowest BCUT2D eigenvalue weighted by Crippen LogP contribution is -2.17. The molecule has 1 aromatic heterocycles. The number of hydrogen-bond acceptors (Lipinski definition) is 4. The van der Waals surface area contributed by atoms with Gasteiger partial charge >= 0.3 is 0 Å². The Bertz CT molecular complexity index is 901. The van der Waals surface area contributed by atoms with Crippen LogP contribution >= 0.6 is 11.6 Å². The number of aromatic nitrogens is 1. The summed E-state index contributed by atoms with van der Waals surface area (Å²) in [4.78, 5) is 16.5. The number of aryl methyl sites for hydroxylation is 2. The van der Waals surface area contributed by atoms with Crippen molar-refractivity contribution in [3.8, 4) is 23.3 Å². The van der Waals surface area contributed by atoms with Gasteiger partial charge in [-0.2, -0.15) is 0 Å². The van der Waals surface area contributed by atoms with E-state index in [4.69, 9.17) is 9.47 Å². The van der Waals surface area contributed by atoms with E-state index in [1.165, 1.54) is 17.5 Å². The molecule has 0 saturated heterocycles. The third-order valence-electron chi connectivity index (χ3n) is 4.32. The Morgan fingerprint density at radius 2 is 1.81 bits per heavy atom. The molecule has 0 unspecified atom stereocenters. The summed E-state index contributed by atoms with van der Waals surface area (Å²) < 4.78 is 10.2. The topological polar surface area (TPSA) is 51.7 Å². The molecule has 0 fully saturated rings. The number of carbonyl (C=O) groups excluding carboxylic acids is 1. The second kappa shape index (κ2) is 17.7. The number of methoxy groups -OCH3 is 2. The summed E-state index contributed by atoms with van der Waals surface area (Å²) in [6.07, 6.45) is 6.06. The molecule has 2 aromatic rings. The summed E-state index contributed by atoms with van der Waals surface area (Å²) in [7, 11) is 5.05. The Morgan fingerprint density at radius 3 is 2.38 bits per heavy atom. The maximum Gasteiger partial charge on any atom is 0.209 e. The van der Waals surface area contributed by atoms with Gasteiger partial charge in [0.05, 0.1) is 14.2 Å². The molecule has 0 atom stereocenters. The van der Waals surface area contributed by atoms with Gasteiger partial charge in [0.2, 0.25) is 6.41 Å². The van der Waals surface area contributed by atoms with Gasteiger partial charge in [-0.15, -0.1) is 11.6 Å². The maximum atomic E-state index is 10.5. The molecule has 1 amide bonds. The molecule has 1 aromatic carbocycles. The molecule has 0 aliphatic rings. The lowest BCUT2D eigenvalue weighted by molar-refractivity contribution is -0.116. The Hall–Kier alpha value is -2.97. The number of allylic oxidation sites excluding steroid dienone is 1. The first-order valence-electron chi connectivity index (χ1n) is 10.3. The van der Waals surface area contributed by atoms with Gasteiger partial charge in [0.1, 0.15) is 5.69 Å². The first-order valence-corrected chi connectivity index (χ1v) is 11.0. The van der Waals surface area contributed by atoms with Gasteiger partial charge in [-0.05, 0) is 68.5 Å². The fourth-order valence-corrected chi connectivity index (χ4v) is 2.49. The molecule has 0 saturated carbocycles. The molecule has 0 N–H and O–H groups in total. The average Bonchev–Trinajstić information content (AvgIpc) is 2.82. The standard InChI is InChI=1S/C16H20N2O.C9H12O2.CH3Cl/c1-4-15(11-12-18(3)13-19)8-6-10-16-9-5-7-14(2)17-16;1-7-4-5-8(10-2)9(6-7)11-3;1-2/h5,7-9,13H,4,11-12H2,1-3H3;4-6H,1-3H3;1H3/b15-8-;;. The molecule has 0 aliphatic carbocycles. The Labute approximate surface area is 198 Å². The second-order valence-corrected chi connectivity index (χ2v) is 6.78. The van der Waals surface area contributed by atoms with Crippen LogP contribution in [0.4, 0.5) is 0 Å². The zero-order valence-electron chi connectivity index (χ0n) is 20.2. The van der Waals surface area contributed by atoms with E-state index >= 15 is 0 Å². The van der Waals surface area contributed by atoms with Crippen molar-refractivity contribution < 1.29 is 14.3 Å². The van der Waals surface area contributed by atoms with E-state index in [9.17, 15) is 4.79 Å². The van der Waals surface area contributed by atoms with Gasteiger partial charge in [0.25, 0.3) is 0 Å². The molecular formula is C26H35ClN2O3. The van der Waals surface area contributed by atoms with Crippen molar-refractivity contribution in [2.75, 3.05) is 34.2 Å². The van der Waals surface area contributed by atoms with Crippen molar-refractivity contribution in [2.24, 2.45) is 0 Å². The highest BCUT2D eigenvalue weighted by Gasteiger charge is 2.00. The normalized spacial score (nSPS) is 9.69. The summed E-state index contributed by atoms with van der Waals surface area (Å²) in [5.41, 5.74) is 4.17. The third kappa shape index (κ3) is 12.0. The van der Waals surface area contributed by atoms with Gasteiger partial charge in [0, 0.05) is 25.7 Å². The minimum Gasteiger partial charge on any atom is -0.493 e. The molecule has 0 bridgehead atoms. The number of pyridine rings is 1. The van der Waals surface area contributed by atoms with Gasteiger partial charge in [-0.3, -0.25) is 4.79 Å². The maximum absolute atomic E-state index is 10.5. The van der Waals surface area contributed by atoms with Crippen LogP contribution in [0.1, 0.15) is 36.7 Å². The van der Waals surface area contributed by atoms with E-state index in [1.54, 1.807) is 26.2 Å². The number of rotatable bonds is 7. The summed E-state index contributed by atoms with van der Waals surface area (Å²) in [5.74, 6) is 7.63. The van der Waals surface area contributed by atoms with Crippen LogP contribution in [0.15, 0.2) is 48.0 Å². The lowest BCUT2D eigenvalue weighted by atomic mass is 10.1. The quantitative estimate of drug-likeness (QED) is 0.315. The number of nitrogens with zero attached hydrogens (tertiary/aromatic N) is 2. The van der Waals surface area contributed by atoms with E-state index in [2.05, 4.69) is 35.3 Å². The summed E-state index contributed by atoms with van der Waals surface area (Å²) >= 11 is 4.64. The van der Waals surface area contributed by atoms with E-state index in [-0.39, 0.29) is 0 Å². The van der Waals surface area contributed by atoms with E-state index in [0.29, 0.717) is 0 Å². The molecule has 2 rings (SSSR count). The Balaban J connectivity index is 0.000000626. The van der Waals surface area contributed by atoms with Crippen LogP contribution in [0, 0.1) is 25.7 Å². The summed E-state index contributed by atoms with van der Waals surface area (Å²) in [6.45, 7) is 6.79. The predicted octanol–water partition coefficient (Wildman–Crippen LogP) is 5.42. The summed E-state index contributed by atoms with van der Waals surface area (Å²) in [6, 6.07) is 11.6. The van der Waals surface area contributed by atoms with Crippen LogP contribution in [0.25, 0.3) is 0 Å². The van der Waals surface area contributed by atoms with E-state index in [0.717, 1.165) is 48.7 Å². The van der Waals surface area contributed by atoms with Crippen molar-refractivity contribution in [2.45, 2.75) is 33.6 Å². The van der Waals surface area contributed by atoms with Gasteiger partial charge < -0.3 is 14.4 Å². The van der Waals surface area contributed by atoms with Crippen LogP contribution in [-0.4, -0.2) is 50.5 Å². The number of halogens is 1. The van der Waals surface area contributed by atoms with E-state index in [1.807, 2.05) is 56.3 Å². The molecule has 32 heavy (non-hydrogen) atoms. The molecular weight excluding hydrogens is 424 g/mol. The van der Waals surface area contributed by atoms with E-state index < -0.39 is 0 Å². The zero-order valence-corrected chi connectivity index (χ0v) is 21.0. The zero-order chi connectivity index (χ0) is 24.4. The first-order chi connectivity index (χ1) is 15.4. The van der Waals surface area contributed by atoms with Crippen LogP contribution in [0.3, 0.4) is 0 Å². The average molecular weight is 459 g/mol. The lowest BCUT2D eigenvalue weighted by Gasteiger charge is -2.10. The fraction of sp³-hybridized carbons (Fsp3) is 0.385. The molecule has 0 aliphatic heterocycles.